The van der Waals surface area contributed by atoms with Gasteiger partial charge in [0.15, 0.2) is 9.84 Å². The van der Waals surface area contributed by atoms with Crippen LogP contribution in [0, 0.1) is 0 Å². The lowest BCUT2D eigenvalue weighted by Crippen LogP contribution is -2.38. The van der Waals surface area contributed by atoms with Gasteiger partial charge in [-0.15, -0.1) is 0 Å². The minimum absolute atomic E-state index is 0.0467. The van der Waals surface area contributed by atoms with Gasteiger partial charge < -0.3 is 5.32 Å². The van der Waals surface area contributed by atoms with E-state index in [1.807, 2.05) is 0 Å². The van der Waals surface area contributed by atoms with Gasteiger partial charge in [0.2, 0.25) is 10.0 Å². The summed E-state index contributed by atoms with van der Waals surface area (Å²) in [4.78, 5) is 0.270. The van der Waals surface area contributed by atoms with Crippen LogP contribution >= 0.6 is 0 Å². The summed E-state index contributed by atoms with van der Waals surface area (Å²) in [5.74, 6) is 0. The van der Waals surface area contributed by atoms with Crippen LogP contribution in [0.3, 0.4) is 0 Å². The third kappa shape index (κ3) is 4.18. The number of nitrogens with zero attached hydrogens (tertiary/aromatic N) is 1. The molecule has 0 amide bonds. The van der Waals surface area contributed by atoms with Crippen LogP contribution in [-0.2, 0) is 19.9 Å². The maximum absolute atomic E-state index is 11.6. The van der Waals surface area contributed by atoms with E-state index in [0.717, 1.165) is 24.8 Å². The van der Waals surface area contributed by atoms with E-state index >= 15 is 0 Å². The molecule has 1 aromatic carbocycles. The van der Waals surface area contributed by atoms with Gasteiger partial charge in [0.1, 0.15) is 0 Å². The van der Waals surface area contributed by atoms with E-state index in [0.29, 0.717) is 13.1 Å². The second-order valence-corrected chi connectivity index (χ2v) is 9.30. The van der Waals surface area contributed by atoms with Crippen LogP contribution in [-0.4, -0.2) is 52.8 Å². The lowest BCUT2D eigenvalue weighted by Gasteiger charge is -2.22. The van der Waals surface area contributed by atoms with Crippen LogP contribution in [0.5, 0.6) is 0 Å². The first-order valence-electron chi connectivity index (χ1n) is 6.69. The summed E-state index contributed by atoms with van der Waals surface area (Å²) in [6, 6.07) is 6.42. The van der Waals surface area contributed by atoms with E-state index in [2.05, 4.69) is 5.32 Å². The van der Waals surface area contributed by atoms with Crippen molar-refractivity contribution in [1.29, 1.82) is 0 Å². The number of nitrogens with one attached hydrogen (secondary N) is 1. The maximum Gasteiger partial charge on any atom is 0.211 e. The number of hydrogen-bond donors (Lipinski definition) is 1. The molecule has 2 rings (SSSR count). The molecule has 1 aliphatic heterocycles. The van der Waals surface area contributed by atoms with Crippen LogP contribution in [0.1, 0.15) is 12.8 Å². The monoisotopic (exact) mass is 332 g/mol. The van der Waals surface area contributed by atoms with E-state index in [4.69, 9.17) is 0 Å². The van der Waals surface area contributed by atoms with Crippen molar-refractivity contribution >= 4 is 25.5 Å². The largest absolute Gasteiger partial charge is 0.383 e. The first kappa shape index (κ1) is 16.3. The second-order valence-electron chi connectivity index (χ2n) is 5.35. The summed E-state index contributed by atoms with van der Waals surface area (Å²) >= 11 is 0. The van der Waals surface area contributed by atoms with Gasteiger partial charge in [-0.2, -0.15) is 4.31 Å². The van der Waals surface area contributed by atoms with Gasteiger partial charge in [-0.3, -0.25) is 0 Å². The third-order valence-corrected chi connectivity index (χ3v) is 6.03. The fourth-order valence-corrected chi connectivity index (χ4v) is 4.32. The highest BCUT2D eigenvalue weighted by atomic mass is 32.2. The molecule has 0 bridgehead atoms. The Balaban J connectivity index is 2.00. The van der Waals surface area contributed by atoms with Crippen molar-refractivity contribution in [2.24, 2.45) is 0 Å². The van der Waals surface area contributed by atoms with Gasteiger partial charge in [0.25, 0.3) is 0 Å². The number of sulfonamides is 1. The summed E-state index contributed by atoms with van der Waals surface area (Å²) < 4.78 is 47.5. The predicted octanol–water partition coefficient (Wildman–Crippen LogP) is 0.926. The lowest BCUT2D eigenvalue weighted by atomic mass is 10.2. The molecule has 0 spiro atoms. The molecule has 0 aromatic heterocycles. The zero-order valence-electron chi connectivity index (χ0n) is 12.1. The topological polar surface area (TPSA) is 83.6 Å². The molecule has 6 nitrogen and oxygen atoms in total. The van der Waals surface area contributed by atoms with Gasteiger partial charge in [-0.05, 0) is 37.1 Å². The summed E-state index contributed by atoms with van der Waals surface area (Å²) in [7, 11) is -6.36. The summed E-state index contributed by atoms with van der Waals surface area (Å²) in [6.07, 6.45) is 4.10. The molecular formula is C13H20N2O4S2. The Labute approximate surface area is 126 Å². The molecular weight excluding hydrogens is 312 g/mol. The summed E-state index contributed by atoms with van der Waals surface area (Å²) in [6.45, 7) is 1.09. The fraction of sp³-hybridized carbons (Fsp3) is 0.538. The molecule has 1 heterocycles. The Morgan fingerprint density at radius 2 is 1.76 bits per heavy atom. The third-order valence-electron chi connectivity index (χ3n) is 3.57. The Morgan fingerprint density at radius 3 is 2.29 bits per heavy atom. The molecule has 0 saturated carbocycles. The van der Waals surface area contributed by atoms with Gasteiger partial charge in [-0.25, -0.2) is 16.8 Å². The molecule has 1 N–H and O–H groups in total. The van der Waals surface area contributed by atoms with E-state index in [1.54, 1.807) is 24.3 Å². The minimum Gasteiger partial charge on any atom is -0.383 e. The van der Waals surface area contributed by atoms with Gasteiger partial charge >= 0.3 is 0 Å². The Bertz CT molecular complexity index is 696. The maximum atomic E-state index is 11.6. The molecule has 1 saturated heterocycles. The fourth-order valence-electron chi connectivity index (χ4n) is 2.51. The Morgan fingerprint density at radius 1 is 1.14 bits per heavy atom. The molecule has 0 unspecified atom stereocenters. The zero-order valence-corrected chi connectivity index (χ0v) is 13.7. The van der Waals surface area contributed by atoms with Crippen LogP contribution in [0.15, 0.2) is 29.2 Å². The van der Waals surface area contributed by atoms with E-state index in [1.165, 1.54) is 10.6 Å². The van der Waals surface area contributed by atoms with Gasteiger partial charge in [-0.1, -0.05) is 0 Å². The molecule has 1 fully saturated rings. The number of anilines is 1. The molecule has 0 radical (unpaired) electrons. The quantitative estimate of drug-likeness (QED) is 0.867. The number of benzene rings is 1. The first-order chi connectivity index (χ1) is 9.68. The second kappa shape index (κ2) is 5.94. The molecule has 21 heavy (non-hydrogen) atoms. The average molecular weight is 332 g/mol. The highest BCUT2D eigenvalue weighted by Crippen LogP contribution is 2.21. The van der Waals surface area contributed by atoms with E-state index in [9.17, 15) is 16.8 Å². The zero-order chi connectivity index (χ0) is 15.7. The minimum atomic E-state index is -3.19. The van der Waals surface area contributed by atoms with Crippen molar-refractivity contribution < 1.29 is 16.8 Å². The van der Waals surface area contributed by atoms with Crippen molar-refractivity contribution in [3.05, 3.63) is 24.3 Å². The molecule has 0 aliphatic carbocycles. The lowest BCUT2D eigenvalue weighted by molar-refractivity contribution is 0.402. The van der Waals surface area contributed by atoms with Crippen LogP contribution in [0.2, 0.25) is 0 Å². The van der Waals surface area contributed by atoms with Crippen molar-refractivity contribution in [2.45, 2.75) is 23.8 Å². The smallest absolute Gasteiger partial charge is 0.211 e. The van der Waals surface area contributed by atoms with Crippen LogP contribution in [0.25, 0.3) is 0 Å². The Kier molecular flexibility index (Phi) is 4.60. The molecule has 8 heteroatoms. The number of sulfone groups is 1. The SMILES string of the molecule is CS(=O)(=O)c1ccc(NC[C@H]2CCCN2S(C)(=O)=O)cc1. The van der Waals surface area contributed by atoms with Crippen molar-refractivity contribution in [3.63, 3.8) is 0 Å². The molecule has 1 aromatic rings. The molecule has 1 atom stereocenters. The normalized spacial score (nSPS) is 20.6. The van der Waals surface area contributed by atoms with Crippen molar-refractivity contribution in [1.82, 2.24) is 4.31 Å². The molecule has 1 aliphatic rings. The predicted molar refractivity (Wildman–Crippen MR) is 82.6 cm³/mol. The average Bonchev–Trinajstić information content (AvgIpc) is 2.84. The van der Waals surface area contributed by atoms with Gasteiger partial charge in [0.05, 0.1) is 11.2 Å². The standard InChI is InChI=1S/C13H20N2O4S2/c1-20(16,17)13-7-5-11(6-8-13)14-10-12-4-3-9-15(12)21(2,18)19/h5-8,12,14H,3-4,9-10H2,1-2H3/t12-/m1/s1. The first-order valence-corrected chi connectivity index (χ1v) is 10.4. The Hall–Kier alpha value is -1.12. The molecule has 118 valence electrons. The van der Waals surface area contributed by atoms with E-state index < -0.39 is 19.9 Å². The van der Waals surface area contributed by atoms with Crippen molar-refractivity contribution in [2.75, 3.05) is 30.9 Å². The van der Waals surface area contributed by atoms with Crippen LogP contribution in [0.4, 0.5) is 5.69 Å². The summed E-state index contributed by atoms with van der Waals surface area (Å²) in [5.41, 5.74) is 0.780. The highest BCUT2D eigenvalue weighted by Gasteiger charge is 2.30. The van der Waals surface area contributed by atoms with Crippen molar-refractivity contribution in [3.8, 4) is 0 Å². The van der Waals surface area contributed by atoms with E-state index in [-0.39, 0.29) is 10.9 Å². The summed E-state index contributed by atoms with van der Waals surface area (Å²) in [5, 5.41) is 3.17. The number of hydrogen-bond acceptors (Lipinski definition) is 5. The van der Waals surface area contributed by atoms with Gasteiger partial charge in [0, 0.05) is 31.1 Å². The number of rotatable bonds is 5. The highest BCUT2D eigenvalue weighted by molar-refractivity contribution is 7.90. The van der Waals surface area contributed by atoms with Crippen LogP contribution < -0.4 is 5.32 Å².